The van der Waals surface area contributed by atoms with Crippen LogP contribution in [0.25, 0.3) is 0 Å². The zero-order valence-electron chi connectivity index (χ0n) is 5.74. The summed E-state index contributed by atoms with van der Waals surface area (Å²) in [5.41, 5.74) is -0.429. The van der Waals surface area contributed by atoms with Gasteiger partial charge in [0.05, 0.1) is 7.11 Å². The number of halogens is 2. The van der Waals surface area contributed by atoms with Gasteiger partial charge in [-0.3, -0.25) is 4.98 Å². The van der Waals surface area contributed by atoms with Gasteiger partial charge >= 0.3 is 0 Å². The molecule has 0 aliphatic carbocycles. The molecule has 0 fully saturated rings. The van der Waals surface area contributed by atoms with E-state index in [-0.39, 0.29) is 5.88 Å². The molecule has 0 aliphatic rings. The van der Waals surface area contributed by atoms with Gasteiger partial charge < -0.3 is 4.74 Å². The topological polar surface area (TPSA) is 25.0 Å². The third-order valence-electron chi connectivity index (χ3n) is 1.21. The highest BCUT2D eigenvalue weighted by atomic mass is 19.1. The quantitative estimate of drug-likeness (QED) is 0.610. The highest BCUT2D eigenvalue weighted by Gasteiger charge is 2.15. The van der Waals surface area contributed by atoms with Crippen LogP contribution >= 0.6 is 0 Å². The minimum absolute atomic E-state index is 0.282. The molecule has 1 N–H and O–H groups in total. The van der Waals surface area contributed by atoms with Crippen LogP contribution in [0, 0.1) is 24.1 Å². The maximum Gasteiger partial charge on any atom is 0.231 e. The highest BCUT2D eigenvalue weighted by Crippen LogP contribution is 2.20. The van der Waals surface area contributed by atoms with Crippen LogP contribution in [-0.2, 0) is 0 Å². The van der Waals surface area contributed by atoms with Gasteiger partial charge in [0.1, 0.15) is 5.56 Å². The molecule has 0 saturated carbocycles. The first-order valence-electron chi connectivity index (χ1n) is 2.78. The van der Waals surface area contributed by atoms with E-state index >= 15 is 0 Å². The number of methoxy groups -OCH3 is 1. The fourth-order valence-corrected chi connectivity index (χ4v) is 0.694. The molecule has 58 valence electrons. The Kier molecular flexibility index (Phi) is 1.81. The number of hydrogen-bond acceptors (Lipinski definition) is 1. The van der Waals surface area contributed by atoms with E-state index in [1.807, 2.05) is 10.9 Å². The number of H-pyrrole nitrogens is 1. The first-order valence-corrected chi connectivity index (χ1v) is 2.78. The van der Waals surface area contributed by atoms with Crippen molar-refractivity contribution in [3.8, 4) is 18.2 Å². The Morgan fingerprint density at radius 3 is 2.45 bits per heavy atom. The Balaban J connectivity index is 3.28. The van der Waals surface area contributed by atoms with Crippen molar-refractivity contribution in [1.29, 1.82) is 0 Å². The lowest BCUT2D eigenvalue weighted by molar-refractivity contribution is 0.371. The molecule has 2 nitrogen and oxygen atoms in total. The van der Waals surface area contributed by atoms with Gasteiger partial charge in [-0.15, -0.1) is 6.42 Å². The van der Waals surface area contributed by atoms with Crippen LogP contribution in [-0.4, -0.2) is 12.1 Å². The van der Waals surface area contributed by atoms with Gasteiger partial charge in [-0.25, -0.2) is 0 Å². The molecule has 0 saturated heterocycles. The molecule has 0 unspecified atom stereocenters. The molecule has 1 heterocycles. The van der Waals surface area contributed by atoms with Crippen LogP contribution in [0.4, 0.5) is 8.78 Å². The number of hydrogen-bond donors (Lipinski definition) is 1. The van der Waals surface area contributed by atoms with Crippen LogP contribution in [0.1, 0.15) is 5.56 Å². The van der Waals surface area contributed by atoms with Gasteiger partial charge in [-0.05, 0) is 0 Å². The molecule has 0 bridgehead atoms. The second-order valence-corrected chi connectivity index (χ2v) is 1.81. The number of ether oxygens (including phenoxy) is 1. The average molecular weight is 157 g/mol. The normalized spacial score (nSPS) is 9.27. The zero-order valence-corrected chi connectivity index (χ0v) is 5.74. The average Bonchev–Trinajstić information content (AvgIpc) is 2.26. The minimum Gasteiger partial charge on any atom is -0.480 e. The summed E-state index contributed by atoms with van der Waals surface area (Å²) in [4.78, 5) is 2.01. The molecule has 4 heteroatoms. The lowest BCUT2D eigenvalue weighted by Gasteiger charge is -1.91. The number of nitrogens with one attached hydrogen (secondary N) is 1. The van der Waals surface area contributed by atoms with Crippen molar-refractivity contribution in [3.63, 3.8) is 0 Å². The predicted molar refractivity (Wildman–Crippen MR) is 35.2 cm³/mol. The van der Waals surface area contributed by atoms with Gasteiger partial charge in [0.15, 0.2) is 0 Å². The molecule has 0 amide bonds. The molecule has 0 aliphatic heterocycles. The maximum atomic E-state index is 12.8. The lowest BCUT2D eigenvalue weighted by Crippen LogP contribution is -1.84. The van der Waals surface area contributed by atoms with E-state index in [0.717, 1.165) is 0 Å². The first-order chi connectivity index (χ1) is 5.20. The van der Waals surface area contributed by atoms with E-state index in [2.05, 4.69) is 4.74 Å². The van der Waals surface area contributed by atoms with Crippen molar-refractivity contribution < 1.29 is 13.5 Å². The number of aromatic amines is 1. The second-order valence-electron chi connectivity index (χ2n) is 1.81. The first kappa shape index (κ1) is 7.61. The number of aromatic nitrogens is 1. The zero-order chi connectivity index (χ0) is 8.43. The molecule has 0 aromatic carbocycles. The third-order valence-corrected chi connectivity index (χ3v) is 1.21. The van der Waals surface area contributed by atoms with Gasteiger partial charge in [-0.1, -0.05) is 5.92 Å². The molecule has 1 rings (SSSR count). The minimum atomic E-state index is -0.887. The van der Waals surface area contributed by atoms with Crippen molar-refractivity contribution in [2.75, 3.05) is 7.11 Å². The molecule has 1 aromatic rings. The summed E-state index contributed by atoms with van der Waals surface area (Å²) in [6.07, 6.45) is 4.81. The van der Waals surface area contributed by atoms with Crippen LogP contribution in [0.2, 0.25) is 0 Å². The van der Waals surface area contributed by atoms with Crippen LogP contribution in [0.3, 0.4) is 0 Å². The van der Waals surface area contributed by atoms with Gasteiger partial charge in [0, 0.05) is 0 Å². The van der Waals surface area contributed by atoms with Gasteiger partial charge in [0.25, 0.3) is 0 Å². The highest BCUT2D eigenvalue weighted by molar-refractivity contribution is 5.38. The predicted octanol–water partition coefficient (Wildman–Crippen LogP) is 1.28. The third kappa shape index (κ3) is 1.05. The number of rotatable bonds is 1. The lowest BCUT2D eigenvalue weighted by atomic mass is 10.3. The van der Waals surface area contributed by atoms with E-state index in [1.54, 1.807) is 0 Å². The van der Waals surface area contributed by atoms with Gasteiger partial charge in [0.2, 0.25) is 17.6 Å². The van der Waals surface area contributed by atoms with Gasteiger partial charge in [-0.2, -0.15) is 8.78 Å². The van der Waals surface area contributed by atoms with E-state index < -0.39 is 17.3 Å². The smallest absolute Gasteiger partial charge is 0.231 e. The molecule has 1 aromatic heterocycles. The molecular weight excluding hydrogens is 152 g/mol. The van der Waals surface area contributed by atoms with E-state index in [1.165, 1.54) is 7.11 Å². The summed E-state index contributed by atoms with van der Waals surface area (Å²) in [5, 5.41) is 0. The maximum absolute atomic E-state index is 12.8. The van der Waals surface area contributed by atoms with Crippen LogP contribution < -0.4 is 4.74 Å². The Hall–Kier alpha value is -1.50. The fraction of sp³-hybridized carbons (Fsp3) is 0.143. The Morgan fingerprint density at radius 2 is 2.18 bits per heavy atom. The fourth-order valence-electron chi connectivity index (χ4n) is 0.694. The van der Waals surface area contributed by atoms with E-state index in [4.69, 9.17) is 6.42 Å². The van der Waals surface area contributed by atoms with E-state index in [0.29, 0.717) is 0 Å². The Bertz CT molecular complexity index is 311. The van der Waals surface area contributed by atoms with Crippen molar-refractivity contribution in [3.05, 3.63) is 17.3 Å². The summed E-state index contributed by atoms with van der Waals surface area (Å²) in [6, 6.07) is 0. The SMILES string of the molecule is C#Cc1c(F)[nH]c(OC)c1F. The van der Waals surface area contributed by atoms with Crippen molar-refractivity contribution in [2.45, 2.75) is 0 Å². The molecule has 0 atom stereocenters. The van der Waals surface area contributed by atoms with Crippen molar-refractivity contribution in [1.82, 2.24) is 4.98 Å². The van der Waals surface area contributed by atoms with E-state index in [9.17, 15) is 8.78 Å². The molecule has 11 heavy (non-hydrogen) atoms. The Morgan fingerprint density at radius 1 is 1.55 bits per heavy atom. The summed E-state index contributed by atoms with van der Waals surface area (Å²) < 4.78 is 29.7. The monoisotopic (exact) mass is 157 g/mol. The van der Waals surface area contributed by atoms with Crippen molar-refractivity contribution >= 4 is 0 Å². The summed E-state index contributed by atoms with van der Waals surface area (Å²) >= 11 is 0. The standard InChI is InChI=1S/C7H5F2NO/c1-3-4-5(8)7(11-2)10-6(4)9/h1,10H,2H3. The molecule has 0 spiro atoms. The van der Waals surface area contributed by atoms with Crippen LogP contribution in [0.5, 0.6) is 5.88 Å². The molecule has 0 radical (unpaired) electrons. The van der Waals surface area contributed by atoms with Crippen LogP contribution in [0.15, 0.2) is 0 Å². The summed E-state index contributed by atoms with van der Waals surface area (Å²) in [5.74, 6) is -0.180. The summed E-state index contributed by atoms with van der Waals surface area (Å²) in [7, 11) is 1.22. The largest absolute Gasteiger partial charge is 0.480 e. The number of terminal acetylenes is 1. The van der Waals surface area contributed by atoms with Crippen molar-refractivity contribution in [2.24, 2.45) is 0 Å². The summed E-state index contributed by atoms with van der Waals surface area (Å²) in [6.45, 7) is 0. The Labute approximate surface area is 62.2 Å². The molecular formula is C7H5F2NO. The second kappa shape index (κ2) is 2.62.